The SMILES string of the molecule is Cc1oc2ncn(C)c(=O)c2c1C(=O)N(C)CC(=O)Nc1ccc(N2CCOCC2)cc1. The summed E-state index contributed by atoms with van der Waals surface area (Å²) in [5, 5.41) is 2.91. The summed E-state index contributed by atoms with van der Waals surface area (Å²) >= 11 is 0. The summed E-state index contributed by atoms with van der Waals surface area (Å²) in [6, 6.07) is 7.54. The number of fused-ring (bicyclic) bond motifs is 1. The molecule has 3 aromatic rings. The van der Waals surface area contributed by atoms with E-state index in [0.717, 1.165) is 18.8 Å². The molecule has 4 rings (SSSR count). The molecule has 10 nitrogen and oxygen atoms in total. The van der Waals surface area contributed by atoms with Crippen LogP contribution in [0.3, 0.4) is 0 Å². The third kappa shape index (κ3) is 4.22. The van der Waals surface area contributed by atoms with Gasteiger partial charge in [0, 0.05) is 38.6 Å². The van der Waals surface area contributed by atoms with Crippen LogP contribution in [0.2, 0.25) is 0 Å². The molecule has 32 heavy (non-hydrogen) atoms. The number of aromatic nitrogens is 2. The van der Waals surface area contributed by atoms with Crippen LogP contribution in [0.15, 0.2) is 39.8 Å². The van der Waals surface area contributed by atoms with Crippen LogP contribution in [0.5, 0.6) is 0 Å². The zero-order valence-electron chi connectivity index (χ0n) is 18.3. The molecule has 0 unspecified atom stereocenters. The van der Waals surface area contributed by atoms with Crippen molar-refractivity contribution in [1.29, 1.82) is 0 Å². The van der Waals surface area contributed by atoms with E-state index in [-0.39, 0.29) is 40.4 Å². The van der Waals surface area contributed by atoms with E-state index in [4.69, 9.17) is 9.15 Å². The van der Waals surface area contributed by atoms with Gasteiger partial charge in [-0.15, -0.1) is 0 Å². The number of morpholine rings is 1. The monoisotopic (exact) mass is 439 g/mol. The first-order valence-corrected chi connectivity index (χ1v) is 10.3. The fourth-order valence-corrected chi connectivity index (χ4v) is 3.70. The molecule has 1 fully saturated rings. The second kappa shape index (κ2) is 8.83. The highest BCUT2D eigenvalue weighted by molar-refractivity contribution is 6.07. The van der Waals surface area contributed by atoms with E-state index < -0.39 is 5.91 Å². The van der Waals surface area contributed by atoms with Crippen LogP contribution in [0.4, 0.5) is 11.4 Å². The Balaban J connectivity index is 1.43. The number of anilines is 2. The zero-order valence-corrected chi connectivity index (χ0v) is 18.3. The molecule has 1 saturated heterocycles. The van der Waals surface area contributed by atoms with Gasteiger partial charge in [0.1, 0.15) is 17.5 Å². The van der Waals surface area contributed by atoms with Gasteiger partial charge < -0.3 is 28.8 Å². The van der Waals surface area contributed by atoms with E-state index in [1.54, 1.807) is 14.0 Å². The standard InChI is InChI=1S/C22H25N5O5/c1-14-18(19-20(32-14)23-13-26(3)22(19)30)21(29)25(2)12-17(28)24-15-4-6-16(7-5-15)27-8-10-31-11-9-27/h4-7,13H,8-12H2,1-3H3,(H,24,28). The van der Waals surface area contributed by atoms with Crippen molar-refractivity contribution >= 4 is 34.3 Å². The number of nitrogens with zero attached hydrogens (tertiary/aromatic N) is 4. The number of benzene rings is 1. The average molecular weight is 439 g/mol. The fraction of sp³-hybridized carbons (Fsp3) is 0.364. The van der Waals surface area contributed by atoms with Crippen LogP contribution in [-0.4, -0.2) is 66.2 Å². The first-order valence-electron chi connectivity index (χ1n) is 10.3. The lowest BCUT2D eigenvalue weighted by atomic mass is 10.1. The largest absolute Gasteiger partial charge is 0.442 e. The number of rotatable bonds is 5. The number of carbonyl (C=O) groups is 2. The molecule has 168 valence electrons. The third-order valence-corrected chi connectivity index (χ3v) is 5.42. The molecular formula is C22H25N5O5. The number of nitrogens with one attached hydrogen (secondary N) is 1. The van der Waals surface area contributed by atoms with Crippen molar-refractivity contribution in [2.24, 2.45) is 7.05 Å². The molecule has 1 aliphatic heterocycles. The van der Waals surface area contributed by atoms with Gasteiger partial charge in [-0.25, -0.2) is 4.98 Å². The Morgan fingerprint density at radius 3 is 2.56 bits per heavy atom. The molecule has 0 aliphatic carbocycles. The maximum Gasteiger partial charge on any atom is 0.265 e. The van der Waals surface area contributed by atoms with E-state index in [1.165, 1.54) is 22.8 Å². The lowest BCUT2D eigenvalue weighted by molar-refractivity contribution is -0.116. The van der Waals surface area contributed by atoms with Crippen molar-refractivity contribution in [3.05, 3.63) is 52.3 Å². The molecule has 0 saturated carbocycles. The summed E-state index contributed by atoms with van der Waals surface area (Å²) in [5.74, 6) is -0.549. The average Bonchev–Trinajstić information content (AvgIpc) is 3.13. The highest BCUT2D eigenvalue weighted by atomic mass is 16.5. The zero-order chi connectivity index (χ0) is 22.8. The van der Waals surface area contributed by atoms with E-state index in [0.29, 0.717) is 18.9 Å². The lowest BCUT2D eigenvalue weighted by Crippen LogP contribution is -2.36. The molecule has 2 amide bonds. The Labute approximate surface area is 184 Å². The van der Waals surface area contributed by atoms with Gasteiger partial charge in [0.05, 0.1) is 25.3 Å². The van der Waals surface area contributed by atoms with Gasteiger partial charge in [0.2, 0.25) is 11.6 Å². The number of hydrogen-bond acceptors (Lipinski definition) is 7. The minimum atomic E-state index is -0.482. The van der Waals surface area contributed by atoms with E-state index in [1.807, 2.05) is 24.3 Å². The third-order valence-electron chi connectivity index (χ3n) is 5.42. The molecule has 1 aliphatic rings. The predicted octanol–water partition coefficient (Wildman–Crippen LogP) is 1.38. The van der Waals surface area contributed by atoms with E-state index in [9.17, 15) is 14.4 Å². The van der Waals surface area contributed by atoms with Gasteiger partial charge in [0.25, 0.3) is 11.5 Å². The summed E-state index contributed by atoms with van der Waals surface area (Å²) in [6.45, 7) is 4.48. The molecule has 0 atom stereocenters. The van der Waals surface area contributed by atoms with Crippen molar-refractivity contribution in [3.8, 4) is 0 Å². The van der Waals surface area contributed by atoms with Gasteiger partial charge in [0.15, 0.2) is 0 Å². The molecule has 3 heterocycles. The Bertz CT molecular complexity index is 1210. The summed E-state index contributed by atoms with van der Waals surface area (Å²) in [6.07, 6.45) is 1.34. The summed E-state index contributed by atoms with van der Waals surface area (Å²) in [7, 11) is 3.05. The van der Waals surface area contributed by atoms with E-state index >= 15 is 0 Å². The fourth-order valence-electron chi connectivity index (χ4n) is 3.70. The van der Waals surface area contributed by atoms with Crippen LogP contribution in [0.25, 0.3) is 11.1 Å². The second-order valence-electron chi connectivity index (χ2n) is 7.73. The Hall–Kier alpha value is -3.66. The normalized spacial score (nSPS) is 13.9. The number of likely N-dealkylation sites (N-methyl/N-ethyl adjacent to an activating group) is 1. The summed E-state index contributed by atoms with van der Waals surface area (Å²) < 4.78 is 12.1. The van der Waals surface area contributed by atoms with Crippen LogP contribution in [0, 0.1) is 6.92 Å². The van der Waals surface area contributed by atoms with Crippen LogP contribution in [0.1, 0.15) is 16.1 Å². The van der Waals surface area contributed by atoms with Crippen LogP contribution >= 0.6 is 0 Å². The topological polar surface area (TPSA) is 110 Å². The number of amides is 2. The van der Waals surface area contributed by atoms with Crippen LogP contribution < -0.4 is 15.8 Å². The Morgan fingerprint density at radius 1 is 1.19 bits per heavy atom. The number of carbonyl (C=O) groups excluding carboxylic acids is 2. The van der Waals surface area contributed by atoms with Crippen LogP contribution in [-0.2, 0) is 16.6 Å². The highest BCUT2D eigenvalue weighted by Gasteiger charge is 2.26. The molecule has 2 aromatic heterocycles. The van der Waals surface area contributed by atoms with Gasteiger partial charge in [-0.1, -0.05) is 0 Å². The molecular weight excluding hydrogens is 414 g/mol. The minimum Gasteiger partial charge on any atom is -0.442 e. The summed E-state index contributed by atoms with van der Waals surface area (Å²) in [4.78, 5) is 45.6. The molecule has 0 bridgehead atoms. The number of ether oxygens (including phenoxy) is 1. The number of aryl methyl sites for hydroxylation is 2. The first kappa shape index (κ1) is 21.6. The second-order valence-corrected chi connectivity index (χ2v) is 7.73. The van der Waals surface area contributed by atoms with Crippen molar-refractivity contribution < 1.29 is 18.7 Å². The smallest absolute Gasteiger partial charge is 0.265 e. The first-order chi connectivity index (χ1) is 15.3. The van der Waals surface area contributed by atoms with Gasteiger partial charge in [-0.05, 0) is 31.2 Å². The lowest BCUT2D eigenvalue weighted by Gasteiger charge is -2.28. The molecule has 0 radical (unpaired) electrons. The molecule has 1 N–H and O–H groups in total. The van der Waals surface area contributed by atoms with Crippen molar-refractivity contribution in [3.63, 3.8) is 0 Å². The van der Waals surface area contributed by atoms with Gasteiger partial charge >= 0.3 is 0 Å². The maximum absolute atomic E-state index is 13.0. The van der Waals surface area contributed by atoms with Gasteiger partial charge in [-0.2, -0.15) is 0 Å². The predicted molar refractivity (Wildman–Crippen MR) is 119 cm³/mol. The molecule has 10 heteroatoms. The maximum atomic E-state index is 13.0. The van der Waals surface area contributed by atoms with Crippen molar-refractivity contribution in [2.75, 3.05) is 50.1 Å². The summed E-state index contributed by atoms with van der Waals surface area (Å²) in [5.41, 5.74) is 1.55. The van der Waals surface area contributed by atoms with Gasteiger partial charge in [-0.3, -0.25) is 14.4 Å². The molecule has 1 aromatic carbocycles. The highest BCUT2D eigenvalue weighted by Crippen LogP contribution is 2.22. The quantitative estimate of drug-likeness (QED) is 0.640. The van der Waals surface area contributed by atoms with E-state index in [2.05, 4.69) is 15.2 Å². The number of hydrogen-bond donors (Lipinski definition) is 1. The van der Waals surface area contributed by atoms with Crippen molar-refractivity contribution in [1.82, 2.24) is 14.5 Å². The number of furan rings is 1. The van der Waals surface area contributed by atoms with Crippen molar-refractivity contribution in [2.45, 2.75) is 6.92 Å². The Morgan fingerprint density at radius 2 is 1.88 bits per heavy atom. The Kier molecular flexibility index (Phi) is 5.95. The molecule has 0 spiro atoms. The minimum absolute atomic E-state index is 0.104.